The van der Waals surface area contributed by atoms with E-state index in [9.17, 15) is 9.59 Å². The summed E-state index contributed by atoms with van der Waals surface area (Å²) in [5.74, 6) is -0.328. The summed E-state index contributed by atoms with van der Waals surface area (Å²) in [6, 6.07) is -0.935. The number of likely N-dealkylation sites (N-methyl/N-ethyl adjacent to an activating group) is 1. The van der Waals surface area contributed by atoms with Gasteiger partial charge < -0.3 is 14.9 Å². The average Bonchev–Trinajstić information content (AvgIpc) is 3.00. The Morgan fingerprint density at radius 2 is 1.94 bits per heavy atom. The van der Waals surface area contributed by atoms with Crippen molar-refractivity contribution in [1.82, 2.24) is 9.80 Å². The molecule has 0 heterocycles. The number of carbonyl (C=O) groups excluding carboxylic acids is 1. The molecule has 0 radical (unpaired) electrons. The number of amides is 2. The van der Waals surface area contributed by atoms with Crippen LogP contribution in [0.25, 0.3) is 0 Å². The largest absolute Gasteiger partial charge is 0.480 e. The molecule has 1 N–H and O–H groups in total. The van der Waals surface area contributed by atoms with Gasteiger partial charge in [0.15, 0.2) is 0 Å². The van der Waals surface area contributed by atoms with Crippen molar-refractivity contribution in [1.29, 1.82) is 0 Å². The first-order valence-electron chi connectivity index (χ1n) is 5.68. The highest BCUT2D eigenvalue weighted by molar-refractivity contribution is 5.82. The van der Waals surface area contributed by atoms with Gasteiger partial charge in [-0.15, -0.1) is 0 Å². The average molecular weight is 228 g/mol. The van der Waals surface area contributed by atoms with Crippen molar-refractivity contribution >= 4 is 12.0 Å². The molecule has 5 heteroatoms. The molecule has 1 fully saturated rings. The first-order chi connectivity index (χ1) is 7.47. The van der Waals surface area contributed by atoms with Crippen molar-refractivity contribution in [2.75, 3.05) is 20.6 Å². The van der Waals surface area contributed by atoms with Crippen LogP contribution in [0.5, 0.6) is 0 Å². The number of rotatable bonds is 5. The van der Waals surface area contributed by atoms with E-state index in [1.54, 1.807) is 25.9 Å². The zero-order chi connectivity index (χ0) is 12.3. The van der Waals surface area contributed by atoms with Crippen LogP contribution >= 0.6 is 0 Å². The molecule has 0 aromatic heterocycles. The van der Waals surface area contributed by atoms with Crippen molar-refractivity contribution in [3.63, 3.8) is 0 Å². The van der Waals surface area contributed by atoms with Crippen LogP contribution in [0.15, 0.2) is 0 Å². The van der Waals surface area contributed by atoms with Gasteiger partial charge in [0.1, 0.15) is 6.04 Å². The third kappa shape index (κ3) is 3.12. The Labute approximate surface area is 96.0 Å². The number of hydrogen-bond acceptors (Lipinski definition) is 2. The first-order valence-corrected chi connectivity index (χ1v) is 5.68. The lowest BCUT2D eigenvalue weighted by Gasteiger charge is -2.28. The number of urea groups is 1. The second-order valence-electron chi connectivity index (χ2n) is 4.48. The van der Waals surface area contributed by atoms with Gasteiger partial charge in [-0.1, -0.05) is 6.92 Å². The van der Waals surface area contributed by atoms with Crippen LogP contribution in [0.4, 0.5) is 4.79 Å². The molecule has 1 rings (SSSR count). The van der Waals surface area contributed by atoms with E-state index in [0.717, 1.165) is 6.54 Å². The minimum atomic E-state index is -0.946. The van der Waals surface area contributed by atoms with E-state index in [2.05, 4.69) is 0 Å². The fraction of sp³-hybridized carbons (Fsp3) is 0.818. The Morgan fingerprint density at radius 3 is 2.31 bits per heavy atom. The molecule has 0 aliphatic heterocycles. The van der Waals surface area contributed by atoms with E-state index >= 15 is 0 Å². The third-order valence-electron chi connectivity index (χ3n) is 3.00. The maximum absolute atomic E-state index is 11.9. The summed E-state index contributed by atoms with van der Waals surface area (Å²) in [5.41, 5.74) is 0. The van der Waals surface area contributed by atoms with Gasteiger partial charge in [0.05, 0.1) is 0 Å². The molecular weight excluding hydrogens is 208 g/mol. The van der Waals surface area contributed by atoms with E-state index < -0.39 is 12.0 Å². The molecule has 1 aliphatic rings. The van der Waals surface area contributed by atoms with Crippen molar-refractivity contribution in [3.05, 3.63) is 0 Å². The third-order valence-corrected chi connectivity index (χ3v) is 3.00. The maximum Gasteiger partial charge on any atom is 0.326 e. The van der Waals surface area contributed by atoms with Gasteiger partial charge in [0.25, 0.3) is 0 Å². The minimum Gasteiger partial charge on any atom is -0.480 e. The van der Waals surface area contributed by atoms with Crippen molar-refractivity contribution < 1.29 is 14.7 Å². The Morgan fingerprint density at radius 1 is 1.38 bits per heavy atom. The van der Waals surface area contributed by atoms with Crippen LogP contribution in [-0.2, 0) is 4.79 Å². The van der Waals surface area contributed by atoms with Gasteiger partial charge in [0.2, 0.25) is 0 Å². The zero-order valence-corrected chi connectivity index (χ0v) is 10.1. The van der Waals surface area contributed by atoms with Crippen LogP contribution in [-0.4, -0.2) is 53.6 Å². The SMILES string of the molecule is CCC(C(=O)O)N(C)C(=O)N(C)CC1CC1. The highest BCUT2D eigenvalue weighted by Gasteiger charge is 2.30. The van der Waals surface area contributed by atoms with Crippen LogP contribution in [0, 0.1) is 5.92 Å². The summed E-state index contributed by atoms with van der Waals surface area (Å²) >= 11 is 0. The molecule has 16 heavy (non-hydrogen) atoms. The van der Waals surface area contributed by atoms with Crippen molar-refractivity contribution in [3.8, 4) is 0 Å². The van der Waals surface area contributed by atoms with Crippen molar-refractivity contribution in [2.45, 2.75) is 32.2 Å². The molecule has 0 bridgehead atoms. The molecule has 1 atom stereocenters. The van der Waals surface area contributed by atoms with Gasteiger partial charge in [-0.2, -0.15) is 0 Å². The summed E-state index contributed by atoms with van der Waals surface area (Å²) in [6.45, 7) is 2.50. The predicted molar refractivity (Wildman–Crippen MR) is 60.2 cm³/mol. The predicted octanol–water partition coefficient (Wildman–Crippen LogP) is 1.24. The summed E-state index contributed by atoms with van der Waals surface area (Å²) in [7, 11) is 3.28. The molecular formula is C11H20N2O3. The summed E-state index contributed by atoms with van der Waals surface area (Å²) < 4.78 is 0. The number of carboxylic acid groups (broad SMARTS) is 1. The number of carboxylic acids is 1. The van der Waals surface area contributed by atoms with E-state index in [4.69, 9.17) is 5.11 Å². The number of hydrogen-bond donors (Lipinski definition) is 1. The summed E-state index contributed by atoms with van der Waals surface area (Å²) in [4.78, 5) is 25.7. The Hall–Kier alpha value is -1.26. The van der Waals surface area contributed by atoms with Crippen molar-refractivity contribution in [2.24, 2.45) is 5.92 Å². The first kappa shape index (κ1) is 12.8. The Balaban J connectivity index is 2.52. The number of nitrogens with zero attached hydrogens (tertiary/aromatic N) is 2. The molecule has 1 aliphatic carbocycles. The fourth-order valence-corrected chi connectivity index (χ4v) is 1.78. The lowest BCUT2D eigenvalue weighted by molar-refractivity contribution is -0.142. The van der Waals surface area contributed by atoms with Gasteiger partial charge in [0, 0.05) is 20.6 Å². The molecule has 0 saturated heterocycles. The van der Waals surface area contributed by atoms with Crippen LogP contribution in [0.2, 0.25) is 0 Å². The highest BCUT2D eigenvalue weighted by atomic mass is 16.4. The lowest BCUT2D eigenvalue weighted by atomic mass is 10.2. The lowest BCUT2D eigenvalue weighted by Crippen LogP contribution is -2.48. The molecule has 1 unspecified atom stereocenters. The zero-order valence-electron chi connectivity index (χ0n) is 10.1. The van der Waals surface area contributed by atoms with Crippen LogP contribution < -0.4 is 0 Å². The highest BCUT2D eigenvalue weighted by Crippen LogP contribution is 2.29. The maximum atomic E-state index is 11.9. The van der Waals surface area contributed by atoms with E-state index in [0.29, 0.717) is 12.3 Å². The Kier molecular flexibility index (Phi) is 4.15. The second-order valence-corrected chi connectivity index (χ2v) is 4.48. The summed E-state index contributed by atoms with van der Waals surface area (Å²) in [6.07, 6.45) is 2.78. The summed E-state index contributed by atoms with van der Waals surface area (Å²) in [5, 5.41) is 8.96. The fourth-order valence-electron chi connectivity index (χ4n) is 1.78. The van der Waals surface area contributed by atoms with Gasteiger partial charge in [-0.05, 0) is 25.2 Å². The molecule has 5 nitrogen and oxygen atoms in total. The van der Waals surface area contributed by atoms with E-state index in [1.807, 2.05) is 0 Å². The monoisotopic (exact) mass is 228 g/mol. The molecule has 2 amide bonds. The molecule has 92 valence electrons. The van der Waals surface area contributed by atoms with E-state index in [1.165, 1.54) is 17.7 Å². The topological polar surface area (TPSA) is 60.9 Å². The molecule has 0 aromatic carbocycles. The van der Waals surface area contributed by atoms with Crippen LogP contribution in [0.1, 0.15) is 26.2 Å². The molecule has 0 spiro atoms. The number of aliphatic carboxylic acids is 1. The standard InChI is InChI=1S/C11H20N2O3/c1-4-9(10(14)15)13(3)11(16)12(2)7-8-5-6-8/h8-9H,4-7H2,1-3H3,(H,14,15). The van der Waals surface area contributed by atoms with Gasteiger partial charge in [-0.3, -0.25) is 0 Å². The second kappa shape index (κ2) is 5.18. The quantitative estimate of drug-likeness (QED) is 0.770. The molecule has 1 saturated carbocycles. The molecule has 0 aromatic rings. The number of carbonyl (C=O) groups is 2. The van der Waals surface area contributed by atoms with Gasteiger partial charge in [-0.25, -0.2) is 9.59 Å². The Bertz CT molecular complexity index is 276. The normalized spacial score (nSPS) is 16.7. The van der Waals surface area contributed by atoms with E-state index in [-0.39, 0.29) is 6.03 Å². The van der Waals surface area contributed by atoms with Gasteiger partial charge >= 0.3 is 12.0 Å². The minimum absolute atomic E-state index is 0.207. The van der Waals surface area contributed by atoms with Crippen LogP contribution in [0.3, 0.4) is 0 Å². The smallest absolute Gasteiger partial charge is 0.326 e.